The van der Waals surface area contributed by atoms with E-state index in [1.807, 2.05) is 12.1 Å². The van der Waals surface area contributed by atoms with Gasteiger partial charge in [-0.15, -0.1) is 0 Å². The van der Waals surface area contributed by atoms with Crippen molar-refractivity contribution in [2.45, 2.75) is 38.6 Å². The van der Waals surface area contributed by atoms with Crippen molar-refractivity contribution in [1.82, 2.24) is 4.90 Å². The number of benzene rings is 1. The summed E-state index contributed by atoms with van der Waals surface area (Å²) in [6.07, 6.45) is 2.57. The highest BCUT2D eigenvalue weighted by Gasteiger charge is 2.34. The van der Waals surface area contributed by atoms with Crippen molar-refractivity contribution in [1.29, 1.82) is 0 Å². The summed E-state index contributed by atoms with van der Waals surface area (Å²) in [5.74, 6) is 0.741. The molecule has 1 aliphatic rings. The Hall–Kier alpha value is -1.27. The zero-order valence-corrected chi connectivity index (χ0v) is 15.5. The molecule has 1 atom stereocenters. The Labute approximate surface area is 148 Å². The smallest absolute Gasteiger partial charge is 0.226 e. The molecule has 1 fully saturated rings. The van der Waals surface area contributed by atoms with E-state index in [1.54, 1.807) is 17.0 Å². The fraction of sp³-hybridized carbons (Fsp3) is 0.588. The van der Waals surface area contributed by atoms with Crippen molar-refractivity contribution in [3.8, 4) is 5.75 Å². The van der Waals surface area contributed by atoms with E-state index in [1.165, 1.54) is 0 Å². The zero-order valence-electron chi connectivity index (χ0n) is 13.9. The van der Waals surface area contributed by atoms with Gasteiger partial charge in [-0.2, -0.15) is 0 Å². The van der Waals surface area contributed by atoms with Gasteiger partial charge in [0.15, 0.2) is 9.84 Å². The molecular formula is C17H24ClNO4S. The van der Waals surface area contributed by atoms with E-state index < -0.39 is 9.84 Å². The summed E-state index contributed by atoms with van der Waals surface area (Å²) < 4.78 is 29.0. The van der Waals surface area contributed by atoms with Crippen LogP contribution in [0.3, 0.4) is 0 Å². The summed E-state index contributed by atoms with van der Waals surface area (Å²) in [6, 6.07) is 6.92. The first kappa shape index (κ1) is 19.1. The van der Waals surface area contributed by atoms with Gasteiger partial charge >= 0.3 is 0 Å². The summed E-state index contributed by atoms with van der Waals surface area (Å²) in [6.45, 7) is 2.88. The molecule has 5 nitrogen and oxygen atoms in total. The maximum atomic E-state index is 12.5. The number of unbranched alkanes of at least 4 members (excludes halogenated alkanes) is 1. The molecule has 1 amide bonds. The zero-order chi connectivity index (χ0) is 17.6. The molecule has 0 saturated carbocycles. The Morgan fingerprint density at radius 2 is 2.12 bits per heavy atom. The van der Waals surface area contributed by atoms with Gasteiger partial charge in [-0.05, 0) is 25.0 Å². The van der Waals surface area contributed by atoms with E-state index in [4.69, 9.17) is 16.3 Å². The summed E-state index contributed by atoms with van der Waals surface area (Å²) in [7, 11) is -3.01. The Kier molecular flexibility index (Phi) is 6.92. The van der Waals surface area contributed by atoms with Gasteiger partial charge in [0, 0.05) is 12.6 Å². The average molecular weight is 374 g/mol. The summed E-state index contributed by atoms with van der Waals surface area (Å²) in [4.78, 5) is 14.3. The highest BCUT2D eigenvalue weighted by Crippen LogP contribution is 2.23. The molecule has 1 aromatic carbocycles. The molecule has 0 radical (unpaired) electrons. The number of hydrogen-bond donors (Lipinski definition) is 0. The number of ether oxygens (including phenoxy) is 1. The van der Waals surface area contributed by atoms with Crippen molar-refractivity contribution >= 4 is 27.3 Å². The second kappa shape index (κ2) is 8.72. The van der Waals surface area contributed by atoms with Gasteiger partial charge in [-0.25, -0.2) is 8.42 Å². The molecule has 0 spiro atoms. The number of carbonyl (C=O) groups is 1. The second-order valence-electron chi connectivity index (χ2n) is 6.03. The molecular weight excluding hydrogens is 350 g/mol. The maximum absolute atomic E-state index is 12.5. The first-order valence-corrected chi connectivity index (χ1v) is 10.5. The first-order chi connectivity index (χ1) is 11.4. The molecule has 1 aromatic rings. The Morgan fingerprint density at radius 3 is 2.75 bits per heavy atom. The van der Waals surface area contributed by atoms with Crippen LogP contribution < -0.4 is 4.74 Å². The predicted molar refractivity (Wildman–Crippen MR) is 95.2 cm³/mol. The largest absolute Gasteiger partial charge is 0.491 e. The lowest BCUT2D eigenvalue weighted by atomic mass is 10.2. The Balaban J connectivity index is 1.91. The molecule has 1 heterocycles. The van der Waals surface area contributed by atoms with Gasteiger partial charge in [-0.1, -0.05) is 37.1 Å². The monoisotopic (exact) mass is 373 g/mol. The number of halogens is 1. The van der Waals surface area contributed by atoms with E-state index in [0.717, 1.165) is 12.8 Å². The minimum Gasteiger partial charge on any atom is -0.491 e. The summed E-state index contributed by atoms with van der Waals surface area (Å²) in [5.41, 5.74) is 0. The third-order valence-electron chi connectivity index (χ3n) is 4.13. The minimum absolute atomic E-state index is 0.0578. The predicted octanol–water partition coefficient (Wildman–Crippen LogP) is 2.92. The van der Waals surface area contributed by atoms with Crippen LogP contribution in [0, 0.1) is 0 Å². The number of sulfone groups is 1. The number of rotatable bonds is 8. The van der Waals surface area contributed by atoms with Crippen molar-refractivity contribution < 1.29 is 17.9 Å². The van der Waals surface area contributed by atoms with Gasteiger partial charge in [0.2, 0.25) is 5.91 Å². The third-order valence-corrected chi connectivity index (χ3v) is 6.19. The SMILES string of the molecule is CCCCN(C(=O)CCOc1ccccc1Cl)C1CCS(=O)(=O)C1. The van der Waals surface area contributed by atoms with Crippen LogP contribution in [-0.4, -0.2) is 49.9 Å². The quantitative estimate of drug-likeness (QED) is 0.702. The van der Waals surface area contributed by atoms with Gasteiger partial charge < -0.3 is 9.64 Å². The molecule has 24 heavy (non-hydrogen) atoms. The molecule has 0 aliphatic carbocycles. The molecule has 1 saturated heterocycles. The molecule has 134 valence electrons. The van der Waals surface area contributed by atoms with Gasteiger partial charge in [0.1, 0.15) is 5.75 Å². The van der Waals surface area contributed by atoms with Gasteiger partial charge in [-0.3, -0.25) is 4.79 Å². The van der Waals surface area contributed by atoms with E-state index >= 15 is 0 Å². The fourth-order valence-electron chi connectivity index (χ4n) is 2.81. The summed E-state index contributed by atoms with van der Waals surface area (Å²) >= 11 is 6.02. The minimum atomic E-state index is -3.01. The lowest BCUT2D eigenvalue weighted by Crippen LogP contribution is -2.42. The molecule has 0 aromatic heterocycles. The van der Waals surface area contributed by atoms with Crippen molar-refractivity contribution in [3.63, 3.8) is 0 Å². The van der Waals surface area contributed by atoms with Crippen molar-refractivity contribution in [2.24, 2.45) is 0 Å². The number of amides is 1. The maximum Gasteiger partial charge on any atom is 0.226 e. The lowest BCUT2D eigenvalue weighted by Gasteiger charge is -2.28. The number of para-hydroxylation sites is 1. The Bertz CT molecular complexity index is 662. The van der Waals surface area contributed by atoms with Gasteiger partial charge in [0.05, 0.1) is 29.6 Å². The van der Waals surface area contributed by atoms with Crippen molar-refractivity contribution in [3.05, 3.63) is 29.3 Å². The highest BCUT2D eigenvalue weighted by atomic mass is 35.5. The number of nitrogens with zero attached hydrogens (tertiary/aromatic N) is 1. The van der Waals surface area contributed by atoms with E-state index in [-0.39, 0.29) is 36.5 Å². The van der Waals surface area contributed by atoms with E-state index in [2.05, 4.69) is 6.92 Å². The van der Waals surface area contributed by atoms with Crippen molar-refractivity contribution in [2.75, 3.05) is 24.7 Å². The van der Waals surface area contributed by atoms with Crippen LogP contribution in [0.5, 0.6) is 5.75 Å². The topological polar surface area (TPSA) is 63.7 Å². The van der Waals surface area contributed by atoms with Crippen LogP contribution in [0.2, 0.25) is 5.02 Å². The molecule has 0 bridgehead atoms. The van der Waals surface area contributed by atoms with Crippen LogP contribution in [-0.2, 0) is 14.6 Å². The van der Waals surface area contributed by atoms with Crippen LogP contribution in [0.15, 0.2) is 24.3 Å². The standard InChI is InChI=1S/C17H24ClNO4S/c1-2-3-10-19(14-9-12-24(21,22)13-14)17(20)8-11-23-16-7-5-4-6-15(16)18/h4-7,14H,2-3,8-13H2,1H3. The molecule has 1 aliphatic heterocycles. The van der Waals surface area contributed by atoms with Crippen LogP contribution in [0.4, 0.5) is 0 Å². The molecule has 7 heteroatoms. The molecule has 1 unspecified atom stereocenters. The number of carbonyl (C=O) groups excluding carboxylic acids is 1. The third kappa shape index (κ3) is 5.38. The van der Waals surface area contributed by atoms with Crippen LogP contribution in [0.1, 0.15) is 32.6 Å². The molecule has 2 rings (SSSR count). The van der Waals surface area contributed by atoms with Crippen LogP contribution >= 0.6 is 11.6 Å². The van der Waals surface area contributed by atoms with Crippen LogP contribution in [0.25, 0.3) is 0 Å². The first-order valence-electron chi connectivity index (χ1n) is 8.30. The average Bonchev–Trinajstić information content (AvgIpc) is 2.89. The van der Waals surface area contributed by atoms with Gasteiger partial charge in [0.25, 0.3) is 0 Å². The molecule has 0 N–H and O–H groups in total. The second-order valence-corrected chi connectivity index (χ2v) is 8.66. The number of hydrogen-bond acceptors (Lipinski definition) is 4. The lowest BCUT2D eigenvalue weighted by molar-refractivity contribution is -0.133. The Morgan fingerprint density at radius 1 is 1.38 bits per heavy atom. The fourth-order valence-corrected chi connectivity index (χ4v) is 4.74. The highest BCUT2D eigenvalue weighted by molar-refractivity contribution is 7.91. The normalized spacial score (nSPS) is 19.2. The van der Waals surface area contributed by atoms with E-state index in [0.29, 0.717) is 23.7 Å². The summed E-state index contributed by atoms with van der Waals surface area (Å²) in [5, 5.41) is 0.509. The van der Waals surface area contributed by atoms with E-state index in [9.17, 15) is 13.2 Å².